The maximum Gasteiger partial charge on any atom is 0.242 e. The number of piperidine rings is 1. The van der Waals surface area contributed by atoms with Crippen molar-refractivity contribution in [3.05, 3.63) is 24.3 Å². The van der Waals surface area contributed by atoms with Crippen LogP contribution in [0.5, 0.6) is 0 Å². The summed E-state index contributed by atoms with van der Waals surface area (Å²) >= 11 is 0. The van der Waals surface area contributed by atoms with Gasteiger partial charge in [-0.25, -0.2) is 17.5 Å². The molecule has 0 bridgehead atoms. The Hall–Kier alpha value is -1.05. The summed E-state index contributed by atoms with van der Waals surface area (Å²) in [7, 11) is -3.66. The monoisotopic (exact) mass is 273 g/mol. The number of hydrogen-bond acceptors (Lipinski definition) is 4. The van der Waals surface area contributed by atoms with E-state index in [1.54, 1.807) is 0 Å². The van der Waals surface area contributed by atoms with Gasteiger partial charge in [-0.05, 0) is 37.9 Å². The van der Waals surface area contributed by atoms with Crippen LogP contribution in [0.3, 0.4) is 0 Å². The molecule has 1 unspecified atom stereocenters. The highest BCUT2D eigenvalue weighted by Crippen LogP contribution is 2.12. The number of sulfonamides is 1. The zero-order valence-corrected chi connectivity index (χ0v) is 10.7. The van der Waals surface area contributed by atoms with Gasteiger partial charge in [-0.3, -0.25) is 4.98 Å². The molecule has 1 aliphatic rings. The van der Waals surface area contributed by atoms with Gasteiger partial charge >= 0.3 is 0 Å². The van der Waals surface area contributed by atoms with Crippen molar-refractivity contribution in [1.29, 1.82) is 0 Å². The Morgan fingerprint density at radius 1 is 1.50 bits per heavy atom. The van der Waals surface area contributed by atoms with E-state index in [4.69, 9.17) is 0 Å². The third-order valence-corrected chi connectivity index (χ3v) is 4.34. The summed E-state index contributed by atoms with van der Waals surface area (Å²) in [5.74, 6) is -0.368. The fourth-order valence-corrected chi connectivity index (χ4v) is 3.04. The fraction of sp³-hybridized carbons (Fsp3) is 0.545. The summed E-state index contributed by atoms with van der Waals surface area (Å²) in [6, 6.07) is 0.967. The summed E-state index contributed by atoms with van der Waals surface area (Å²) in [6.07, 6.45) is 4.17. The lowest BCUT2D eigenvalue weighted by molar-refractivity contribution is 0.376. The van der Waals surface area contributed by atoms with Crippen molar-refractivity contribution < 1.29 is 12.8 Å². The van der Waals surface area contributed by atoms with E-state index in [0.29, 0.717) is 6.54 Å². The predicted molar refractivity (Wildman–Crippen MR) is 65.0 cm³/mol. The van der Waals surface area contributed by atoms with Gasteiger partial charge in [0.2, 0.25) is 10.0 Å². The highest BCUT2D eigenvalue weighted by molar-refractivity contribution is 7.89. The molecule has 7 heteroatoms. The maximum atomic E-state index is 12.9. The SMILES string of the molecule is O=S(=O)(NCC1CCCNC1)c1cncc(F)c1. The Labute approximate surface area is 106 Å². The minimum Gasteiger partial charge on any atom is -0.316 e. The first-order valence-corrected chi connectivity index (χ1v) is 7.37. The van der Waals surface area contributed by atoms with Gasteiger partial charge in [-0.15, -0.1) is 0 Å². The third kappa shape index (κ3) is 3.47. The lowest BCUT2D eigenvalue weighted by atomic mass is 10.0. The molecule has 0 aromatic carbocycles. The van der Waals surface area contributed by atoms with E-state index in [9.17, 15) is 12.8 Å². The molecule has 0 aliphatic carbocycles. The van der Waals surface area contributed by atoms with E-state index in [1.165, 1.54) is 0 Å². The first kappa shape index (κ1) is 13.4. The van der Waals surface area contributed by atoms with Crippen molar-refractivity contribution in [1.82, 2.24) is 15.0 Å². The average Bonchev–Trinajstić information content (AvgIpc) is 2.38. The molecule has 0 spiro atoms. The predicted octanol–water partition coefficient (Wildman–Crippen LogP) is 0.499. The number of rotatable bonds is 4. The van der Waals surface area contributed by atoms with Gasteiger partial charge in [0.05, 0.1) is 6.20 Å². The van der Waals surface area contributed by atoms with E-state index in [0.717, 1.165) is 44.4 Å². The molecule has 1 atom stereocenters. The number of pyridine rings is 1. The van der Waals surface area contributed by atoms with E-state index < -0.39 is 15.8 Å². The summed E-state index contributed by atoms with van der Waals surface area (Å²) < 4.78 is 39.2. The van der Waals surface area contributed by atoms with Gasteiger partial charge < -0.3 is 5.32 Å². The van der Waals surface area contributed by atoms with E-state index in [1.807, 2.05) is 0 Å². The van der Waals surface area contributed by atoms with Crippen LogP contribution in [0.25, 0.3) is 0 Å². The highest BCUT2D eigenvalue weighted by atomic mass is 32.2. The van der Waals surface area contributed by atoms with Crippen LogP contribution in [0.4, 0.5) is 4.39 Å². The molecule has 1 aromatic rings. The van der Waals surface area contributed by atoms with E-state index >= 15 is 0 Å². The number of halogens is 1. The van der Waals surface area contributed by atoms with Crippen molar-refractivity contribution in [3.8, 4) is 0 Å². The van der Waals surface area contributed by atoms with Crippen molar-refractivity contribution in [2.75, 3.05) is 19.6 Å². The Morgan fingerprint density at radius 3 is 3.00 bits per heavy atom. The number of nitrogens with zero attached hydrogens (tertiary/aromatic N) is 1. The first-order chi connectivity index (χ1) is 8.58. The van der Waals surface area contributed by atoms with Crippen LogP contribution >= 0.6 is 0 Å². The number of hydrogen-bond donors (Lipinski definition) is 2. The Kier molecular flexibility index (Phi) is 4.26. The lowest BCUT2D eigenvalue weighted by Crippen LogP contribution is -2.38. The van der Waals surface area contributed by atoms with Crippen LogP contribution in [-0.2, 0) is 10.0 Å². The van der Waals surface area contributed by atoms with Gasteiger partial charge in [0, 0.05) is 12.7 Å². The molecular formula is C11H16FN3O2S. The van der Waals surface area contributed by atoms with Crippen molar-refractivity contribution >= 4 is 10.0 Å². The van der Waals surface area contributed by atoms with Crippen LogP contribution in [0, 0.1) is 11.7 Å². The normalized spacial score (nSPS) is 20.8. The second-order valence-electron chi connectivity index (χ2n) is 4.40. The molecule has 0 radical (unpaired) electrons. The van der Waals surface area contributed by atoms with Crippen molar-refractivity contribution in [2.45, 2.75) is 17.7 Å². The highest BCUT2D eigenvalue weighted by Gasteiger charge is 2.19. The molecule has 2 rings (SSSR count). The van der Waals surface area contributed by atoms with Crippen LogP contribution in [0.2, 0.25) is 0 Å². The first-order valence-electron chi connectivity index (χ1n) is 5.89. The van der Waals surface area contributed by atoms with Crippen molar-refractivity contribution in [3.63, 3.8) is 0 Å². The molecule has 1 saturated heterocycles. The molecule has 1 aromatic heterocycles. The van der Waals surface area contributed by atoms with Crippen LogP contribution < -0.4 is 10.0 Å². The molecule has 0 amide bonds. The second-order valence-corrected chi connectivity index (χ2v) is 6.17. The summed E-state index contributed by atoms with van der Waals surface area (Å²) in [5.41, 5.74) is 0. The van der Waals surface area contributed by atoms with E-state index in [-0.39, 0.29) is 10.8 Å². The minimum absolute atomic E-state index is 0.133. The molecule has 2 heterocycles. The smallest absolute Gasteiger partial charge is 0.242 e. The zero-order valence-electron chi connectivity index (χ0n) is 9.89. The second kappa shape index (κ2) is 5.73. The molecule has 1 fully saturated rings. The van der Waals surface area contributed by atoms with Crippen LogP contribution in [0.1, 0.15) is 12.8 Å². The summed E-state index contributed by atoms with van der Waals surface area (Å²) in [5, 5.41) is 3.21. The Morgan fingerprint density at radius 2 is 2.33 bits per heavy atom. The summed E-state index contributed by atoms with van der Waals surface area (Å²) in [4.78, 5) is 3.41. The average molecular weight is 273 g/mol. The largest absolute Gasteiger partial charge is 0.316 e. The maximum absolute atomic E-state index is 12.9. The molecule has 2 N–H and O–H groups in total. The number of nitrogens with one attached hydrogen (secondary N) is 2. The van der Waals surface area contributed by atoms with E-state index in [2.05, 4.69) is 15.0 Å². The fourth-order valence-electron chi connectivity index (χ4n) is 1.95. The van der Waals surface area contributed by atoms with Gasteiger partial charge in [0.15, 0.2) is 0 Å². The topological polar surface area (TPSA) is 71.1 Å². The van der Waals surface area contributed by atoms with Gasteiger partial charge in [-0.1, -0.05) is 0 Å². The molecule has 18 heavy (non-hydrogen) atoms. The Balaban J connectivity index is 1.98. The molecule has 100 valence electrons. The minimum atomic E-state index is -3.66. The van der Waals surface area contributed by atoms with Gasteiger partial charge in [0.25, 0.3) is 0 Å². The lowest BCUT2D eigenvalue weighted by Gasteiger charge is -2.22. The van der Waals surface area contributed by atoms with Crippen LogP contribution in [-0.4, -0.2) is 33.0 Å². The van der Waals surface area contributed by atoms with Crippen molar-refractivity contribution in [2.24, 2.45) is 5.92 Å². The molecule has 5 nitrogen and oxygen atoms in total. The molecule has 1 aliphatic heterocycles. The molecule has 0 saturated carbocycles. The van der Waals surface area contributed by atoms with Gasteiger partial charge in [-0.2, -0.15) is 0 Å². The van der Waals surface area contributed by atoms with Crippen LogP contribution in [0.15, 0.2) is 23.4 Å². The molecular weight excluding hydrogens is 257 g/mol. The zero-order chi connectivity index (χ0) is 13.0. The van der Waals surface area contributed by atoms with Gasteiger partial charge in [0.1, 0.15) is 10.7 Å². The number of aromatic nitrogens is 1. The standard InChI is InChI=1S/C11H16FN3O2S/c12-10-4-11(8-14-7-10)18(16,17)15-6-9-2-1-3-13-5-9/h4,7-9,13,15H,1-3,5-6H2. The Bertz CT molecular complexity index is 501. The quantitative estimate of drug-likeness (QED) is 0.838. The summed E-state index contributed by atoms with van der Waals surface area (Å²) in [6.45, 7) is 2.16. The third-order valence-electron chi connectivity index (χ3n) is 2.95.